The first kappa shape index (κ1) is 15.8. The van der Waals surface area contributed by atoms with E-state index in [1.54, 1.807) is 0 Å². The molecular weight excluding hydrogens is 250 g/mol. The van der Waals surface area contributed by atoms with E-state index in [0.29, 0.717) is 12.6 Å². The van der Waals surface area contributed by atoms with E-state index < -0.39 is 0 Å². The van der Waals surface area contributed by atoms with Crippen LogP contribution in [-0.2, 0) is 4.79 Å². The summed E-state index contributed by atoms with van der Waals surface area (Å²) in [5.74, 6) is 0.173. The van der Waals surface area contributed by atoms with Gasteiger partial charge in [0.1, 0.15) is 0 Å². The van der Waals surface area contributed by atoms with Crippen LogP contribution in [0.4, 0.5) is 0 Å². The second-order valence-corrected chi connectivity index (χ2v) is 6.29. The topological polar surface area (TPSA) is 44.4 Å². The van der Waals surface area contributed by atoms with Gasteiger partial charge in [0.15, 0.2) is 0 Å². The molecule has 2 N–H and O–H groups in total. The first-order chi connectivity index (χ1) is 9.79. The second-order valence-electron chi connectivity index (χ2n) is 6.29. The molecule has 0 unspecified atom stereocenters. The molecule has 0 aliphatic heterocycles. The fraction of sp³-hybridized carbons (Fsp3) is 0.938. The number of amides is 1. The van der Waals surface area contributed by atoms with Crippen molar-refractivity contribution in [3.63, 3.8) is 0 Å². The first-order valence-corrected chi connectivity index (χ1v) is 8.53. The number of hydrogen-bond acceptors (Lipinski definition) is 3. The molecule has 1 amide bonds. The third-order valence-corrected chi connectivity index (χ3v) is 4.55. The molecule has 116 valence electrons. The standard InChI is InChI=1S/C16H31N3O/c1-2-19(15-9-10-15)12-11-17-13-16(20)18-14-7-5-3-4-6-8-14/h14-15,17H,2-13H2,1H3,(H,18,20). The van der Waals surface area contributed by atoms with Gasteiger partial charge in [-0.3, -0.25) is 9.69 Å². The molecule has 0 saturated heterocycles. The highest BCUT2D eigenvalue weighted by molar-refractivity contribution is 5.78. The number of rotatable bonds is 8. The predicted octanol–water partition coefficient (Wildman–Crippen LogP) is 1.90. The maximum atomic E-state index is 11.9. The minimum Gasteiger partial charge on any atom is -0.352 e. The summed E-state index contributed by atoms with van der Waals surface area (Å²) in [4.78, 5) is 14.4. The van der Waals surface area contributed by atoms with E-state index in [1.807, 2.05) is 0 Å². The Hall–Kier alpha value is -0.610. The molecular formula is C16H31N3O. The van der Waals surface area contributed by atoms with Gasteiger partial charge < -0.3 is 10.6 Å². The van der Waals surface area contributed by atoms with Crippen LogP contribution in [-0.4, -0.2) is 49.1 Å². The van der Waals surface area contributed by atoms with E-state index in [4.69, 9.17) is 0 Å². The molecule has 20 heavy (non-hydrogen) atoms. The van der Waals surface area contributed by atoms with Crippen molar-refractivity contribution in [2.24, 2.45) is 0 Å². The Kier molecular flexibility index (Phi) is 6.80. The molecule has 2 saturated carbocycles. The van der Waals surface area contributed by atoms with Gasteiger partial charge in [0.2, 0.25) is 5.91 Å². The zero-order valence-corrected chi connectivity index (χ0v) is 13.0. The van der Waals surface area contributed by atoms with Gasteiger partial charge in [-0.2, -0.15) is 0 Å². The molecule has 0 spiro atoms. The summed E-state index contributed by atoms with van der Waals surface area (Å²) < 4.78 is 0. The largest absolute Gasteiger partial charge is 0.352 e. The quantitative estimate of drug-likeness (QED) is 0.527. The lowest BCUT2D eigenvalue weighted by Crippen LogP contribution is -2.42. The van der Waals surface area contributed by atoms with Crippen LogP contribution in [0.15, 0.2) is 0 Å². The Bertz CT molecular complexity index is 283. The van der Waals surface area contributed by atoms with E-state index in [9.17, 15) is 4.79 Å². The molecule has 0 aromatic heterocycles. The fourth-order valence-electron chi connectivity index (χ4n) is 3.17. The molecule has 2 aliphatic carbocycles. The molecule has 2 aliphatic rings. The van der Waals surface area contributed by atoms with E-state index in [0.717, 1.165) is 38.5 Å². The summed E-state index contributed by atoms with van der Waals surface area (Å²) in [6.45, 7) is 5.80. The second kappa shape index (κ2) is 8.63. The van der Waals surface area contributed by atoms with Crippen LogP contribution in [0.2, 0.25) is 0 Å². The molecule has 4 nitrogen and oxygen atoms in total. The van der Waals surface area contributed by atoms with Crippen molar-refractivity contribution in [1.29, 1.82) is 0 Å². The molecule has 0 aromatic carbocycles. The van der Waals surface area contributed by atoms with Gasteiger partial charge in [0.25, 0.3) is 0 Å². The summed E-state index contributed by atoms with van der Waals surface area (Å²) in [7, 11) is 0. The van der Waals surface area contributed by atoms with Crippen molar-refractivity contribution >= 4 is 5.91 Å². The molecule has 0 bridgehead atoms. The summed E-state index contributed by atoms with van der Waals surface area (Å²) >= 11 is 0. The van der Waals surface area contributed by atoms with Gasteiger partial charge >= 0.3 is 0 Å². The van der Waals surface area contributed by atoms with Crippen LogP contribution in [0.25, 0.3) is 0 Å². The number of carbonyl (C=O) groups is 1. The van der Waals surface area contributed by atoms with Crippen LogP contribution in [0.3, 0.4) is 0 Å². The van der Waals surface area contributed by atoms with Crippen LogP contribution in [0.1, 0.15) is 58.3 Å². The van der Waals surface area contributed by atoms with Crippen molar-refractivity contribution in [1.82, 2.24) is 15.5 Å². The van der Waals surface area contributed by atoms with Gasteiger partial charge in [-0.05, 0) is 32.2 Å². The molecule has 4 heteroatoms. The predicted molar refractivity (Wildman–Crippen MR) is 82.8 cm³/mol. The number of nitrogens with zero attached hydrogens (tertiary/aromatic N) is 1. The van der Waals surface area contributed by atoms with E-state index in [2.05, 4.69) is 22.5 Å². The van der Waals surface area contributed by atoms with E-state index in [1.165, 1.54) is 38.5 Å². The Morgan fingerprint density at radius 1 is 1.10 bits per heavy atom. The van der Waals surface area contributed by atoms with Crippen LogP contribution >= 0.6 is 0 Å². The summed E-state index contributed by atoms with van der Waals surface area (Å²) in [5, 5.41) is 6.47. The first-order valence-electron chi connectivity index (χ1n) is 8.53. The maximum Gasteiger partial charge on any atom is 0.234 e. The lowest BCUT2D eigenvalue weighted by Gasteiger charge is -2.20. The number of likely N-dealkylation sites (N-methyl/N-ethyl adjacent to an activating group) is 1. The highest BCUT2D eigenvalue weighted by Gasteiger charge is 2.27. The van der Waals surface area contributed by atoms with Crippen molar-refractivity contribution < 1.29 is 4.79 Å². The normalized spacial score (nSPS) is 20.9. The van der Waals surface area contributed by atoms with Gasteiger partial charge in [-0.25, -0.2) is 0 Å². The molecule has 0 heterocycles. The fourth-order valence-corrected chi connectivity index (χ4v) is 3.17. The summed E-state index contributed by atoms with van der Waals surface area (Å²) in [5.41, 5.74) is 0. The highest BCUT2D eigenvalue weighted by Crippen LogP contribution is 2.25. The zero-order chi connectivity index (χ0) is 14.2. The third-order valence-electron chi connectivity index (χ3n) is 4.55. The Balaban J connectivity index is 1.52. The number of hydrogen-bond donors (Lipinski definition) is 2. The molecule has 0 aromatic rings. The van der Waals surface area contributed by atoms with E-state index >= 15 is 0 Å². The Morgan fingerprint density at radius 2 is 1.80 bits per heavy atom. The summed E-state index contributed by atoms with van der Waals surface area (Å²) in [6, 6.07) is 1.24. The van der Waals surface area contributed by atoms with E-state index in [-0.39, 0.29) is 5.91 Å². The molecule has 2 rings (SSSR count). The average molecular weight is 281 g/mol. The lowest BCUT2D eigenvalue weighted by atomic mass is 10.1. The van der Waals surface area contributed by atoms with Crippen molar-refractivity contribution in [3.8, 4) is 0 Å². The third kappa shape index (κ3) is 5.80. The SMILES string of the molecule is CCN(CCNCC(=O)NC1CCCCCC1)C1CC1. The van der Waals surface area contributed by atoms with Gasteiger partial charge in [-0.15, -0.1) is 0 Å². The molecule has 0 atom stereocenters. The van der Waals surface area contributed by atoms with Crippen molar-refractivity contribution in [2.75, 3.05) is 26.2 Å². The molecule has 2 fully saturated rings. The Morgan fingerprint density at radius 3 is 2.40 bits per heavy atom. The van der Waals surface area contributed by atoms with Crippen molar-refractivity contribution in [3.05, 3.63) is 0 Å². The monoisotopic (exact) mass is 281 g/mol. The number of carbonyl (C=O) groups excluding carboxylic acids is 1. The van der Waals surface area contributed by atoms with Gasteiger partial charge in [0.05, 0.1) is 6.54 Å². The zero-order valence-electron chi connectivity index (χ0n) is 13.0. The smallest absolute Gasteiger partial charge is 0.234 e. The minimum atomic E-state index is 0.173. The highest BCUT2D eigenvalue weighted by atomic mass is 16.1. The van der Waals surface area contributed by atoms with Crippen molar-refractivity contribution in [2.45, 2.75) is 70.4 Å². The van der Waals surface area contributed by atoms with Gasteiger partial charge in [-0.1, -0.05) is 32.6 Å². The number of nitrogens with one attached hydrogen (secondary N) is 2. The van der Waals surface area contributed by atoms with Crippen LogP contribution in [0, 0.1) is 0 Å². The summed E-state index contributed by atoms with van der Waals surface area (Å²) in [6.07, 6.45) is 10.2. The van der Waals surface area contributed by atoms with Crippen LogP contribution in [0.5, 0.6) is 0 Å². The average Bonchev–Trinajstić information content (AvgIpc) is 3.26. The van der Waals surface area contributed by atoms with Gasteiger partial charge in [0, 0.05) is 25.2 Å². The minimum absolute atomic E-state index is 0.173. The maximum absolute atomic E-state index is 11.9. The lowest BCUT2D eigenvalue weighted by molar-refractivity contribution is -0.121. The Labute approximate surface area is 123 Å². The molecule has 0 radical (unpaired) electrons. The van der Waals surface area contributed by atoms with Crippen LogP contribution < -0.4 is 10.6 Å².